The molecule has 194 valence electrons. The Morgan fingerprint density at radius 3 is 2.68 bits per heavy atom. The molecule has 0 radical (unpaired) electrons. The van der Waals surface area contributed by atoms with Gasteiger partial charge in [-0.15, -0.1) is 0 Å². The van der Waals surface area contributed by atoms with Crippen LogP contribution in [0, 0.1) is 11.8 Å². The zero-order valence-electron chi connectivity index (χ0n) is 21.0. The van der Waals surface area contributed by atoms with Gasteiger partial charge in [0.2, 0.25) is 5.95 Å². The Hall–Kier alpha value is -4.37. The molecule has 4 aromatic rings. The van der Waals surface area contributed by atoms with E-state index in [1.807, 2.05) is 6.07 Å². The van der Waals surface area contributed by atoms with Crippen molar-refractivity contribution in [3.8, 4) is 23.4 Å². The van der Waals surface area contributed by atoms with E-state index in [4.69, 9.17) is 4.74 Å². The van der Waals surface area contributed by atoms with Gasteiger partial charge in [-0.3, -0.25) is 0 Å². The van der Waals surface area contributed by atoms with E-state index in [0.29, 0.717) is 35.1 Å². The van der Waals surface area contributed by atoms with E-state index < -0.39 is 21.5 Å². The number of sulfone groups is 1. The highest BCUT2D eigenvalue weighted by molar-refractivity contribution is 7.91. The highest BCUT2D eigenvalue weighted by atomic mass is 32.2. The summed E-state index contributed by atoms with van der Waals surface area (Å²) in [6.07, 6.45) is 4.73. The SMILES string of the molecule is CC(C)(C)OC(=O)n1ncc2cc(C#Cc3ccnc(-c4ccnc(N[C@H]5CCS(=O)(=O)C5)n4)n3)ccc21. The van der Waals surface area contributed by atoms with Crippen LogP contribution in [0.2, 0.25) is 0 Å². The first kappa shape index (κ1) is 25.3. The zero-order chi connectivity index (χ0) is 26.9. The van der Waals surface area contributed by atoms with Crippen molar-refractivity contribution in [3.05, 3.63) is 60.2 Å². The first-order valence-corrected chi connectivity index (χ1v) is 13.7. The van der Waals surface area contributed by atoms with Gasteiger partial charge in [0.05, 0.1) is 23.2 Å². The molecule has 4 heterocycles. The van der Waals surface area contributed by atoms with E-state index in [-0.39, 0.29) is 17.5 Å². The van der Waals surface area contributed by atoms with Gasteiger partial charge in [0.25, 0.3) is 0 Å². The van der Waals surface area contributed by atoms with Crippen molar-refractivity contribution < 1.29 is 17.9 Å². The minimum Gasteiger partial charge on any atom is -0.442 e. The van der Waals surface area contributed by atoms with Crippen LogP contribution in [0.4, 0.5) is 10.7 Å². The molecule has 0 aliphatic carbocycles. The number of anilines is 1. The molecule has 0 saturated carbocycles. The summed E-state index contributed by atoms with van der Waals surface area (Å²) in [6.45, 7) is 5.40. The first-order chi connectivity index (χ1) is 18.0. The van der Waals surface area contributed by atoms with Gasteiger partial charge in [-0.2, -0.15) is 9.78 Å². The Kier molecular flexibility index (Phi) is 6.54. The lowest BCUT2D eigenvalue weighted by atomic mass is 10.1. The summed E-state index contributed by atoms with van der Waals surface area (Å²) in [4.78, 5) is 29.9. The molecule has 1 aliphatic heterocycles. The number of hydrogen-bond acceptors (Lipinski definition) is 10. The molecular formula is C26H25N7O4S. The molecule has 3 aromatic heterocycles. The Bertz CT molecular complexity index is 1700. The second-order valence-electron chi connectivity index (χ2n) is 9.84. The second-order valence-corrected chi connectivity index (χ2v) is 12.1. The molecule has 1 saturated heterocycles. The number of carbonyl (C=O) groups excluding carboxylic acids is 1. The fraction of sp³-hybridized carbons (Fsp3) is 0.308. The monoisotopic (exact) mass is 531 g/mol. The smallest absolute Gasteiger partial charge is 0.435 e. The van der Waals surface area contributed by atoms with Crippen molar-refractivity contribution >= 4 is 32.8 Å². The fourth-order valence-electron chi connectivity index (χ4n) is 3.89. The summed E-state index contributed by atoms with van der Waals surface area (Å²) in [5.74, 6) is 7.03. The van der Waals surface area contributed by atoms with Crippen LogP contribution in [0.5, 0.6) is 0 Å². The number of rotatable bonds is 3. The maximum Gasteiger partial charge on any atom is 0.435 e. The van der Waals surface area contributed by atoms with E-state index in [9.17, 15) is 13.2 Å². The van der Waals surface area contributed by atoms with Crippen molar-refractivity contribution in [2.45, 2.75) is 38.8 Å². The topological polar surface area (TPSA) is 142 Å². The number of aromatic nitrogens is 6. The largest absolute Gasteiger partial charge is 0.442 e. The summed E-state index contributed by atoms with van der Waals surface area (Å²) in [5, 5.41) is 7.99. The molecule has 1 aliphatic rings. The minimum absolute atomic E-state index is 0.0652. The molecule has 1 aromatic carbocycles. The first-order valence-electron chi connectivity index (χ1n) is 11.9. The molecule has 12 heteroatoms. The van der Waals surface area contributed by atoms with Gasteiger partial charge in [0.15, 0.2) is 15.7 Å². The maximum absolute atomic E-state index is 12.4. The van der Waals surface area contributed by atoms with E-state index in [1.165, 1.54) is 4.68 Å². The van der Waals surface area contributed by atoms with Crippen LogP contribution in [0.3, 0.4) is 0 Å². The van der Waals surface area contributed by atoms with Crippen molar-refractivity contribution in [1.29, 1.82) is 0 Å². The summed E-state index contributed by atoms with van der Waals surface area (Å²) < 4.78 is 30.1. The quantitative estimate of drug-likeness (QED) is 0.392. The Morgan fingerprint density at radius 1 is 1.11 bits per heavy atom. The van der Waals surface area contributed by atoms with Crippen LogP contribution < -0.4 is 5.32 Å². The standard InChI is InChI=1S/C26H25N7O4S/c1-26(2,3)37-25(34)33-22-7-5-17(14-18(22)15-29-33)4-6-19-8-11-27-23(30-19)21-9-12-28-24(32-21)31-20-10-13-38(35,36)16-20/h5,7-9,11-12,14-15,20H,10,13,16H2,1-3H3,(H,28,31,32)/t20-/m0/s1. The summed E-state index contributed by atoms with van der Waals surface area (Å²) in [7, 11) is -3.02. The number of hydrogen-bond donors (Lipinski definition) is 1. The number of nitrogens with zero attached hydrogens (tertiary/aromatic N) is 6. The van der Waals surface area contributed by atoms with Crippen molar-refractivity contribution in [2.24, 2.45) is 0 Å². The average Bonchev–Trinajstić information content (AvgIpc) is 3.44. The molecule has 38 heavy (non-hydrogen) atoms. The molecule has 5 rings (SSSR count). The molecular weight excluding hydrogens is 506 g/mol. The predicted molar refractivity (Wildman–Crippen MR) is 141 cm³/mol. The molecule has 11 nitrogen and oxygen atoms in total. The average molecular weight is 532 g/mol. The molecule has 1 atom stereocenters. The van der Waals surface area contributed by atoms with E-state index in [0.717, 1.165) is 10.9 Å². The number of nitrogens with one attached hydrogen (secondary N) is 1. The normalized spacial score (nSPS) is 16.6. The number of benzene rings is 1. The zero-order valence-corrected chi connectivity index (χ0v) is 21.9. The van der Waals surface area contributed by atoms with Crippen LogP contribution in [0.15, 0.2) is 48.9 Å². The summed E-state index contributed by atoms with van der Waals surface area (Å²) >= 11 is 0. The summed E-state index contributed by atoms with van der Waals surface area (Å²) in [6, 6.07) is 8.56. The van der Waals surface area contributed by atoms with Crippen LogP contribution in [-0.2, 0) is 14.6 Å². The van der Waals surface area contributed by atoms with E-state index in [1.54, 1.807) is 63.6 Å². The van der Waals surface area contributed by atoms with E-state index in [2.05, 4.69) is 42.2 Å². The molecule has 0 unspecified atom stereocenters. The van der Waals surface area contributed by atoms with Gasteiger partial charge >= 0.3 is 6.09 Å². The van der Waals surface area contributed by atoms with Crippen molar-refractivity contribution in [1.82, 2.24) is 29.7 Å². The molecule has 1 fully saturated rings. The van der Waals surface area contributed by atoms with Gasteiger partial charge in [0, 0.05) is 29.4 Å². The van der Waals surface area contributed by atoms with Gasteiger partial charge < -0.3 is 10.1 Å². The molecule has 1 N–H and O–H groups in total. The van der Waals surface area contributed by atoms with Gasteiger partial charge in [0.1, 0.15) is 17.0 Å². The van der Waals surface area contributed by atoms with Crippen LogP contribution in [0.25, 0.3) is 22.4 Å². The molecule has 0 amide bonds. The van der Waals surface area contributed by atoms with Gasteiger partial charge in [-0.05, 0) is 63.4 Å². The lowest BCUT2D eigenvalue weighted by Gasteiger charge is -2.19. The third-order valence-electron chi connectivity index (χ3n) is 5.58. The Balaban J connectivity index is 1.33. The molecule has 0 spiro atoms. The lowest BCUT2D eigenvalue weighted by Crippen LogP contribution is -2.27. The number of ether oxygens (including phenoxy) is 1. The van der Waals surface area contributed by atoms with Crippen LogP contribution in [-0.4, -0.2) is 67.4 Å². The third kappa shape index (κ3) is 5.95. The lowest BCUT2D eigenvalue weighted by molar-refractivity contribution is 0.0522. The number of carbonyl (C=O) groups is 1. The minimum atomic E-state index is -3.02. The van der Waals surface area contributed by atoms with Crippen LogP contribution in [0.1, 0.15) is 38.4 Å². The number of fused-ring (bicyclic) bond motifs is 1. The van der Waals surface area contributed by atoms with Crippen LogP contribution >= 0.6 is 0 Å². The third-order valence-corrected chi connectivity index (χ3v) is 7.34. The van der Waals surface area contributed by atoms with Gasteiger partial charge in [-0.1, -0.05) is 5.92 Å². The fourth-order valence-corrected chi connectivity index (χ4v) is 5.57. The Labute approximate surface area is 219 Å². The van der Waals surface area contributed by atoms with Gasteiger partial charge in [-0.25, -0.2) is 33.1 Å². The highest BCUT2D eigenvalue weighted by Gasteiger charge is 2.28. The maximum atomic E-state index is 12.4. The second kappa shape index (κ2) is 9.83. The van der Waals surface area contributed by atoms with Crippen molar-refractivity contribution in [2.75, 3.05) is 16.8 Å². The summed E-state index contributed by atoms with van der Waals surface area (Å²) in [5.41, 5.74) is 1.71. The Morgan fingerprint density at radius 2 is 1.92 bits per heavy atom. The predicted octanol–water partition coefficient (Wildman–Crippen LogP) is 3.07. The molecule has 0 bridgehead atoms. The van der Waals surface area contributed by atoms with Crippen molar-refractivity contribution in [3.63, 3.8) is 0 Å². The van der Waals surface area contributed by atoms with E-state index >= 15 is 0 Å². The highest BCUT2D eigenvalue weighted by Crippen LogP contribution is 2.19.